The first-order valence-electron chi connectivity index (χ1n) is 7.85. The van der Waals surface area contributed by atoms with E-state index < -0.39 is 0 Å². The first-order valence-corrected chi connectivity index (χ1v) is 7.85. The third kappa shape index (κ3) is 3.07. The van der Waals surface area contributed by atoms with E-state index in [-0.39, 0.29) is 11.7 Å². The van der Waals surface area contributed by atoms with Gasteiger partial charge in [-0.25, -0.2) is 4.68 Å². The lowest BCUT2D eigenvalue weighted by Gasteiger charge is -2.08. The molecule has 5 heteroatoms. The summed E-state index contributed by atoms with van der Waals surface area (Å²) in [7, 11) is 0. The summed E-state index contributed by atoms with van der Waals surface area (Å²) < 4.78 is 6.95. The van der Waals surface area contributed by atoms with Crippen LogP contribution in [0, 0.1) is 0 Å². The fraction of sp³-hybridized carbons (Fsp3) is 0. The maximum atomic E-state index is 12.3. The van der Waals surface area contributed by atoms with E-state index in [2.05, 4.69) is 10.4 Å². The van der Waals surface area contributed by atoms with Gasteiger partial charge in [0.1, 0.15) is 0 Å². The highest BCUT2D eigenvalue weighted by molar-refractivity contribution is 6.04. The van der Waals surface area contributed by atoms with Crippen molar-refractivity contribution >= 4 is 11.6 Å². The number of nitrogens with one attached hydrogen (secondary N) is 1. The van der Waals surface area contributed by atoms with Gasteiger partial charge in [-0.15, -0.1) is 0 Å². The predicted molar refractivity (Wildman–Crippen MR) is 95.7 cm³/mol. The quantitative estimate of drug-likeness (QED) is 0.604. The number of benzene rings is 2. The molecule has 0 saturated heterocycles. The molecule has 25 heavy (non-hydrogen) atoms. The molecule has 122 valence electrons. The van der Waals surface area contributed by atoms with Crippen LogP contribution in [-0.2, 0) is 0 Å². The van der Waals surface area contributed by atoms with Crippen molar-refractivity contribution in [3.05, 3.63) is 91.1 Å². The number of amides is 1. The Balaban J connectivity index is 1.65. The van der Waals surface area contributed by atoms with Crippen LogP contribution in [0.15, 0.2) is 89.8 Å². The highest BCUT2D eigenvalue weighted by Gasteiger charge is 2.13. The number of rotatable bonds is 4. The second kappa shape index (κ2) is 6.49. The van der Waals surface area contributed by atoms with E-state index in [1.54, 1.807) is 23.0 Å². The van der Waals surface area contributed by atoms with Gasteiger partial charge in [0.05, 0.1) is 18.1 Å². The van der Waals surface area contributed by atoms with Crippen molar-refractivity contribution in [1.82, 2.24) is 9.78 Å². The fourth-order valence-electron chi connectivity index (χ4n) is 2.62. The van der Waals surface area contributed by atoms with Gasteiger partial charge < -0.3 is 9.73 Å². The predicted octanol–water partition coefficient (Wildman–Crippen LogP) is 4.38. The fourth-order valence-corrected chi connectivity index (χ4v) is 2.62. The minimum absolute atomic E-state index is 0.273. The van der Waals surface area contributed by atoms with Crippen molar-refractivity contribution in [3.8, 4) is 16.8 Å². The zero-order valence-electron chi connectivity index (χ0n) is 13.3. The van der Waals surface area contributed by atoms with Crippen LogP contribution >= 0.6 is 0 Å². The van der Waals surface area contributed by atoms with E-state index in [1.807, 2.05) is 60.8 Å². The molecule has 0 bridgehead atoms. The van der Waals surface area contributed by atoms with Crippen LogP contribution in [0.1, 0.15) is 10.6 Å². The molecule has 2 aromatic carbocycles. The van der Waals surface area contributed by atoms with E-state index >= 15 is 0 Å². The Morgan fingerprint density at radius 2 is 1.76 bits per heavy atom. The van der Waals surface area contributed by atoms with Gasteiger partial charge in [0.15, 0.2) is 5.76 Å². The maximum Gasteiger partial charge on any atom is 0.291 e. The van der Waals surface area contributed by atoms with Crippen molar-refractivity contribution in [2.45, 2.75) is 0 Å². The second-order valence-electron chi connectivity index (χ2n) is 5.49. The molecular formula is C20H15N3O2. The van der Waals surface area contributed by atoms with E-state index in [0.717, 1.165) is 16.8 Å². The monoisotopic (exact) mass is 329 g/mol. The zero-order chi connectivity index (χ0) is 17.1. The molecule has 2 heterocycles. The molecule has 0 aliphatic heterocycles. The van der Waals surface area contributed by atoms with Gasteiger partial charge in [-0.2, -0.15) is 5.10 Å². The van der Waals surface area contributed by atoms with Crippen LogP contribution in [-0.4, -0.2) is 15.7 Å². The van der Waals surface area contributed by atoms with E-state index in [1.165, 1.54) is 6.26 Å². The minimum atomic E-state index is -0.284. The second-order valence-corrected chi connectivity index (χ2v) is 5.49. The number of furan rings is 1. The first-order chi connectivity index (χ1) is 12.3. The van der Waals surface area contributed by atoms with Gasteiger partial charge in [-0.3, -0.25) is 4.79 Å². The standard InChI is InChI=1S/C20H15N3O2/c24-20(19-11-6-12-25-19)22-18-10-5-4-9-17(18)15-13-21-23(14-15)16-7-2-1-3-8-16/h1-14H,(H,22,24). The Bertz CT molecular complexity index is 989. The van der Waals surface area contributed by atoms with Crippen LogP contribution in [0.25, 0.3) is 16.8 Å². The van der Waals surface area contributed by atoms with Crippen LogP contribution in [0.2, 0.25) is 0 Å². The summed E-state index contributed by atoms with van der Waals surface area (Å²) in [5.41, 5.74) is 3.49. The number of carbonyl (C=O) groups excluding carboxylic acids is 1. The van der Waals surface area contributed by atoms with Gasteiger partial charge in [0.2, 0.25) is 0 Å². The van der Waals surface area contributed by atoms with Crippen molar-refractivity contribution < 1.29 is 9.21 Å². The molecular weight excluding hydrogens is 314 g/mol. The number of para-hydroxylation sites is 2. The number of carbonyl (C=O) groups is 1. The average molecular weight is 329 g/mol. The van der Waals surface area contributed by atoms with Gasteiger partial charge in [0.25, 0.3) is 5.91 Å². The number of aromatic nitrogens is 2. The molecule has 0 fully saturated rings. The van der Waals surface area contributed by atoms with E-state index in [9.17, 15) is 4.79 Å². The van der Waals surface area contributed by atoms with Gasteiger partial charge >= 0.3 is 0 Å². The summed E-state index contributed by atoms with van der Waals surface area (Å²) in [4.78, 5) is 12.3. The van der Waals surface area contributed by atoms with Gasteiger partial charge in [0, 0.05) is 23.0 Å². The number of hydrogen-bond donors (Lipinski definition) is 1. The molecule has 0 saturated carbocycles. The molecule has 4 rings (SSSR count). The van der Waals surface area contributed by atoms with E-state index in [0.29, 0.717) is 5.69 Å². The molecule has 0 aliphatic rings. The lowest BCUT2D eigenvalue weighted by atomic mass is 10.1. The Morgan fingerprint density at radius 1 is 0.960 bits per heavy atom. The lowest BCUT2D eigenvalue weighted by Crippen LogP contribution is -2.11. The molecule has 0 aliphatic carbocycles. The smallest absolute Gasteiger partial charge is 0.291 e. The Hall–Kier alpha value is -3.60. The number of nitrogens with zero attached hydrogens (tertiary/aromatic N) is 2. The first kappa shape index (κ1) is 15.0. The Labute approximate surface area is 144 Å². The molecule has 1 N–H and O–H groups in total. The van der Waals surface area contributed by atoms with E-state index in [4.69, 9.17) is 4.42 Å². The van der Waals surface area contributed by atoms with Gasteiger partial charge in [-0.1, -0.05) is 36.4 Å². The minimum Gasteiger partial charge on any atom is -0.459 e. The SMILES string of the molecule is O=C(Nc1ccccc1-c1cnn(-c2ccccc2)c1)c1ccco1. The average Bonchev–Trinajstić information content (AvgIpc) is 3.35. The largest absolute Gasteiger partial charge is 0.459 e. The topological polar surface area (TPSA) is 60.1 Å². The lowest BCUT2D eigenvalue weighted by molar-refractivity contribution is 0.0996. The van der Waals surface area contributed by atoms with Crippen molar-refractivity contribution in [3.63, 3.8) is 0 Å². The summed E-state index contributed by atoms with van der Waals surface area (Å²) in [5, 5.41) is 7.31. The Morgan fingerprint density at radius 3 is 2.56 bits per heavy atom. The molecule has 0 spiro atoms. The highest BCUT2D eigenvalue weighted by atomic mass is 16.3. The number of anilines is 1. The summed E-state index contributed by atoms with van der Waals surface area (Å²) in [6.07, 6.45) is 5.20. The normalized spacial score (nSPS) is 10.6. The van der Waals surface area contributed by atoms with Crippen LogP contribution < -0.4 is 5.32 Å². The molecule has 2 aromatic heterocycles. The summed E-state index contributed by atoms with van der Waals surface area (Å²) in [6, 6.07) is 20.8. The Kier molecular flexibility index (Phi) is 3.88. The van der Waals surface area contributed by atoms with Crippen molar-refractivity contribution in [1.29, 1.82) is 0 Å². The molecule has 0 unspecified atom stereocenters. The van der Waals surface area contributed by atoms with Crippen LogP contribution in [0.5, 0.6) is 0 Å². The molecule has 0 radical (unpaired) electrons. The highest BCUT2D eigenvalue weighted by Crippen LogP contribution is 2.28. The molecule has 1 amide bonds. The van der Waals surface area contributed by atoms with Crippen molar-refractivity contribution in [2.75, 3.05) is 5.32 Å². The van der Waals surface area contributed by atoms with Crippen LogP contribution in [0.4, 0.5) is 5.69 Å². The summed E-state index contributed by atoms with van der Waals surface area (Å²) in [6.45, 7) is 0. The third-order valence-corrected chi connectivity index (χ3v) is 3.83. The maximum absolute atomic E-state index is 12.3. The third-order valence-electron chi connectivity index (χ3n) is 3.83. The molecule has 5 nitrogen and oxygen atoms in total. The zero-order valence-corrected chi connectivity index (χ0v) is 13.3. The molecule has 0 atom stereocenters. The summed E-state index contributed by atoms with van der Waals surface area (Å²) >= 11 is 0. The summed E-state index contributed by atoms with van der Waals surface area (Å²) in [5.74, 6) is -0.0114. The molecule has 4 aromatic rings. The number of hydrogen-bond acceptors (Lipinski definition) is 3. The van der Waals surface area contributed by atoms with Gasteiger partial charge in [-0.05, 0) is 30.3 Å². The van der Waals surface area contributed by atoms with Crippen molar-refractivity contribution in [2.24, 2.45) is 0 Å². The van der Waals surface area contributed by atoms with Crippen LogP contribution in [0.3, 0.4) is 0 Å².